The smallest absolute Gasteiger partial charge is 0.243 e. The van der Waals surface area contributed by atoms with Gasteiger partial charge < -0.3 is 25.3 Å². The molecule has 3 rings (SSSR count). The number of likely N-dealkylation sites (N-methyl/N-ethyl adjacent to an activating group) is 1. The highest BCUT2D eigenvalue weighted by atomic mass is 127. The summed E-state index contributed by atoms with van der Waals surface area (Å²) in [7, 11) is 3.44. The van der Waals surface area contributed by atoms with Crippen molar-refractivity contribution in [1.29, 1.82) is 0 Å². The van der Waals surface area contributed by atoms with Gasteiger partial charge in [-0.25, -0.2) is 9.38 Å². The van der Waals surface area contributed by atoms with Crippen LogP contribution in [-0.2, 0) is 16.0 Å². The second-order valence-corrected chi connectivity index (χ2v) is 7.87. The van der Waals surface area contributed by atoms with Crippen molar-refractivity contribution in [2.75, 3.05) is 66.6 Å². The molecule has 0 aliphatic carbocycles. The zero-order chi connectivity index (χ0) is 22.1. The van der Waals surface area contributed by atoms with Gasteiger partial charge in [0.2, 0.25) is 5.91 Å². The van der Waals surface area contributed by atoms with E-state index in [0.717, 1.165) is 62.3 Å². The van der Waals surface area contributed by atoms with Crippen LogP contribution in [-0.4, -0.2) is 93.2 Å². The van der Waals surface area contributed by atoms with Crippen molar-refractivity contribution in [3.05, 3.63) is 35.8 Å². The highest BCUT2D eigenvalue weighted by molar-refractivity contribution is 14.0. The van der Waals surface area contributed by atoms with Gasteiger partial charge in [-0.15, -0.1) is 24.0 Å². The zero-order valence-electron chi connectivity index (χ0n) is 18.8. The van der Waals surface area contributed by atoms with E-state index in [1.165, 1.54) is 11.0 Å². The van der Waals surface area contributed by atoms with Crippen LogP contribution in [0.1, 0.15) is 12.0 Å². The minimum Gasteiger partial charge on any atom is -0.379 e. The van der Waals surface area contributed by atoms with Gasteiger partial charge in [0, 0.05) is 57.4 Å². The number of aromatic amines is 1. The van der Waals surface area contributed by atoms with Crippen LogP contribution in [0.25, 0.3) is 10.9 Å². The van der Waals surface area contributed by atoms with E-state index in [-0.39, 0.29) is 42.2 Å². The molecule has 178 valence electrons. The summed E-state index contributed by atoms with van der Waals surface area (Å²) in [5, 5.41) is 7.51. The molecule has 2 aromatic rings. The molecular weight excluding hydrogens is 526 g/mol. The topological polar surface area (TPSA) is 85.0 Å². The number of nitrogens with zero attached hydrogens (tertiary/aromatic N) is 3. The van der Waals surface area contributed by atoms with Crippen LogP contribution in [0.4, 0.5) is 4.39 Å². The molecule has 32 heavy (non-hydrogen) atoms. The first-order chi connectivity index (χ1) is 15.0. The summed E-state index contributed by atoms with van der Waals surface area (Å²) in [6.07, 6.45) is 3.59. The standard InChI is InChI=1S/C22H33FN6O2.HI/c1-28(2)21(30)16-27-22(24-7-3-9-29-10-12-31-13-11-29)25-8-6-17-15-26-20-5-4-18(23)14-19(17)20;/h4-5,14-15,26H,3,6-13,16H2,1-2H3,(H2,24,25,27);1H. The van der Waals surface area contributed by atoms with Gasteiger partial charge in [-0.2, -0.15) is 0 Å². The summed E-state index contributed by atoms with van der Waals surface area (Å²) in [6.45, 7) is 6.01. The minimum atomic E-state index is -0.243. The number of carbonyl (C=O) groups excluding carboxylic acids is 1. The van der Waals surface area contributed by atoms with Crippen molar-refractivity contribution in [3.63, 3.8) is 0 Å². The van der Waals surface area contributed by atoms with Gasteiger partial charge in [0.1, 0.15) is 12.4 Å². The van der Waals surface area contributed by atoms with E-state index >= 15 is 0 Å². The van der Waals surface area contributed by atoms with E-state index in [2.05, 4.69) is 25.5 Å². The number of nitrogens with one attached hydrogen (secondary N) is 3. The number of aromatic nitrogens is 1. The lowest BCUT2D eigenvalue weighted by atomic mass is 10.1. The number of guanidine groups is 1. The average Bonchev–Trinajstić information content (AvgIpc) is 3.16. The molecule has 1 saturated heterocycles. The number of rotatable bonds is 9. The molecular formula is C22H34FIN6O2. The monoisotopic (exact) mass is 560 g/mol. The molecule has 10 heteroatoms. The first-order valence-corrected chi connectivity index (χ1v) is 10.8. The molecule has 1 amide bonds. The lowest BCUT2D eigenvalue weighted by molar-refractivity contribution is -0.127. The Hall–Kier alpha value is -1.92. The van der Waals surface area contributed by atoms with Gasteiger partial charge in [0.05, 0.1) is 13.2 Å². The number of H-pyrrole nitrogens is 1. The van der Waals surface area contributed by atoms with Crippen molar-refractivity contribution in [1.82, 2.24) is 25.4 Å². The molecule has 0 unspecified atom stereocenters. The predicted molar refractivity (Wildman–Crippen MR) is 136 cm³/mol. The molecule has 0 atom stereocenters. The van der Waals surface area contributed by atoms with Crippen LogP contribution in [0.3, 0.4) is 0 Å². The van der Waals surface area contributed by atoms with E-state index in [1.54, 1.807) is 26.2 Å². The van der Waals surface area contributed by atoms with E-state index in [4.69, 9.17) is 4.74 Å². The maximum Gasteiger partial charge on any atom is 0.243 e. The van der Waals surface area contributed by atoms with E-state index in [0.29, 0.717) is 18.9 Å². The lowest BCUT2D eigenvalue weighted by Gasteiger charge is -2.26. The van der Waals surface area contributed by atoms with Crippen LogP contribution in [0, 0.1) is 5.82 Å². The molecule has 0 bridgehead atoms. The fourth-order valence-corrected chi connectivity index (χ4v) is 3.47. The predicted octanol–water partition coefficient (Wildman–Crippen LogP) is 1.81. The van der Waals surface area contributed by atoms with Gasteiger partial charge >= 0.3 is 0 Å². The molecule has 2 heterocycles. The molecule has 1 aromatic carbocycles. The highest BCUT2D eigenvalue weighted by Gasteiger charge is 2.10. The Kier molecular flexibility index (Phi) is 11.2. The minimum absolute atomic E-state index is 0. The second kappa shape index (κ2) is 13.6. The first kappa shape index (κ1) is 26.3. The van der Waals surface area contributed by atoms with Crippen LogP contribution in [0.5, 0.6) is 0 Å². The van der Waals surface area contributed by atoms with Gasteiger partial charge in [0.15, 0.2) is 5.96 Å². The van der Waals surface area contributed by atoms with Gasteiger partial charge in [-0.3, -0.25) is 9.69 Å². The molecule has 0 radical (unpaired) electrons. The number of amides is 1. The number of halogens is 2. The number of ether oxygens (including phenoxy) is 1. The molecule has 1 aliphatic heterocycles. The summed E-state index contributed by atoms with van der Waals surface area (Å²) in [6, 6.07) is 4.75. The van der Waals surface area contributed by atoms with Crippen molar-refractivity contribution in [2.24, 2.45) is 4.99 Å². The number of hydrogen-bond donors (Lipinski definition) is 3. The van der Waals surface area contributed by atoms with Gasteiger partial charge in [-0.1, -0.05) is 0 Å². The van der Waals surface area contributed by atoms with Crippen LogP contribution in [0.2, 0.25) is 0 Å². The normalized spacial score (nSPS) is 14.8. The molecule has 1 aromatic heterocycles. The number of morpholine rings is 1. The fraction of sp³-hybridized carbons (Fsp3) is 0.545. The Morgan fingerprint density at radius 2 is 2.00 bits per heavy atom. The quantitative estimate of drug-likeness (QED) is 0.189. The maximum atomic E-state index is 13.6. The third-order valence-corrected chi connectivity index (χ3v) is 5.33. The van der Waals surface area contributed by atoms with Crippen LogP contribution >= 0.6 is 24.0 Å². The summed E-state index contributed by atoms with van der Waals surface area (Å²) < 4.78 is 19.0. The second-order valence-electron chi connectivity index (χ2n) is 7.87. The fourth-order valence-electron chi connectivity index (χ4n) is 3.47. The Morgan fingerprint density at radius 1 is 1.25 bits per heavy atom. The summed E-state index contributed by atoms with van der Waals surface area (Å²) in [5.74, 6) is 0.317. The van der Waals surface area contributed by atoms with Gasteiger partial charge in [0.25, 0.3) is 0 Å². The number of carbonyl (C=O) groups is 1. The number of aliphatic imine (C=N–C) groups is 1. The number of fused-ring (bicyclic) bond motifs is 1. The summed E-state index contributed by atoms with van der Waals surface area (Å²) in [5.41, 5.74) is 1.96. The largest absolute Gasteiger partial charge is 0.379 e. The Labute approximate surface area is 206 Å². The SMILES string of the molecule is CN(C)C(=O)CN=C(NCCCN1CCOCC1)NCCc1c[nH]c2ccc(F)cc12.I. The Balaban J connectivity index is 0.00000363. The Bertz CT molecular complexity index is 882. The van der Waals surface area contributed by atoms with Crippen LogP contribution < -0.4 is 10.6 Å². The average molecular weight is 560 g/mol. The molecule has 8 nitrogen and oxygen atoms in total. The van der Waals surface area contributed by atoms with Crippen molar-refractivity contribution in [2.45, 2.75) is 12.8 Å². The maximum absolute atomic E-state index is 13.6. The van der Waals surface area contributed by atoms with Gasteiger partial charge in [-0.05, 0) is 43.1 Å². The molecule has 1 fully saturated rings. The third kappa shape index (κ3) is 8.21. The summed E-state index contributed by atoms with van der Waals surface area (Å²) in [4.78, 5) is 23.4. The summed E-state index contributed by atoms with van der Waals surface area (Å²) >= 11 is 0. The molecule has 1 aliphatic rings. The highest BCUT2D eigenvalue weighted by Crippen LogP contribution is 2.19. The first-order valence-electron chi connectivity index (χ1n) is 10.8. The van der Waals surface area contributed by atoms with Crippen molar-refractivity contribution < 1.29 is 13.9 Å². The van der Waals surface area contributed by atoms with Crippen molar-refractivity contribution >= 4 is 46.7 Å². The molecule has 0 saturated carbocycles. The third-order valence-electron chi connectivity index (χ3n) is 5.33. The number of hydrogen-bond acceptors (Lipinski definition) is 4. The van der Waals surface area contributed by atoms with E-state index in [1.807, 2.05) is 6.20 Å². The van der Waals surface area contributed by atoms with E-state index < -0.39 is 0 Å². The number of benzene rings is 1. The van der Waals surface area contributed by atoms with E-state index in [9.17, 15) is 9.18 Å². The van der Waals surface area contributed by atoms with Crippen LogP contribution in [0.15, 0.2) is 29.4 Å². The zero-order valence-corrected chi connectivity index (χ0v) is 21.2. The molecule has 0 spiro atoms. The Morgan fingerprint density at radius 3 is 2.75 bits per heavy atom. The lowest BCUT2D eigenvalue weighted by Crippen LogP contribution is -2.41. The molecule has 3 N–H and O–H groups in total. The van der Waals surface area contributed by atoms with Crippen molar-refractivity contribution in [3.8, 4) is 0 Å².